The van der Waals surface area contributed by atoms with Gasteiger partial charge in [0.2, 0.25) is 11.2 Å². The number of benzene rings is 1. The summed E-state index contributed by atoms with van der Waals surface area (Å²) >= 11 is 0. The first-order chi connectivity index (χ1) is 19.1. The standard InChI is InChI=1S/C28H31NO11/c1-6-36-22(31)27(23(32)37-7-2)17-14-12-11-13-16(17)21(30)20-18(27)15-19(29-20)28(24(33)38-8-3,25(34)39-9-4)26(35)40-10-5/h11-15,29H,6-10H2,1-5H3. The molecule has 0 radical (unpaired) electrons. The molecular formula is C28H31NO11. The molecule has 214 valence electrons. The summed E-state index contributed by atoms with van der Waals surface area (Å²) in [5.41, 5.74) is -6.37. The van der Waals surface area contributed by atoms with Gasteiger partial charge >= 0.3 is 29.8 Å². The lowest BCUT2D eigenvalue weighted by atomic mass is 9.67. The second-order valence-corrected chi connectivity index (χ2v) is 8.45. The van der Waals surface area contributed by atoms with Gasteiger partial charge in [-0.05, 0) is 46.2 Å². The topological polar surface area (TPSA) is 164 Å². The van der Waals surface area contributed by atoms with E-state index in [0.717, 1.165) is 6.07 Å². The fourth-order valence-corrected chi connectivity index (χ4v) is 4.72. The molecular weight excluding hydrogens is 526 g/mol. The molecule has 0 aliphatic heterocycles. The number of fused-ring (bicyclic) bond motifs is 2. The summed E-state index contributed by atoms with van der Waals surface area (Å²) in [6.45, 7) is 6.55. The molecule has 12 nitrogen and oxygen atoms in total. The molecule has 0 atom stereocenters. The van der Waals surface area contributed by atoms with Crippen LogP contribution in [-0.4, -0.2) is 73.6 Å². The summed E-state index contributed by atoms with van der Waals surface area (Å²) in [7, 11) is 0. The second kappa shape index (κ2) is 12.1. The van der Waals surface area contributed by atoms with Gasteiger partial charge in [-0.25, -0.2) is 14.4 Å². The van der Waals surface area contributed by atoms with Crippen LogP contribution in [0.25, 0.3) is 0 Å². The van der Waals surface area contributed by atoms with Crippen molar-refractivity contribution in [3.05, 3.63) is 58.4 Å². The molecule has 0 amide bonds. The third-order valence-electron chi connectivity index (χ3n) is 6.34. The SMILES string of the molecule is CCOC(=O)C(C(=O)OCC)(C(=O)OCC)c1cc2c([nH]1)C(=O)c1ccccc1C2(C(=O)OCC)C(=O)OCC. The molecule has 0 spiro atoms. The number of hydrogen-bond donors (Lipinski definition) is 1. The van der Waals surface area contributed by atoms with Crippen molar-refractivity contribution in [3.63, 3.8) is 0 Å². The van der Waals surface area contributed by atoms with Gasteiger partial charge in [-0.2, -0.15) is 0 Å². The van der Waals surface area contributed by atoms with Crippen LogP contribution in [0.4, 0.5) is 0 Å². The number of carbonyl (C=O) groups excluding carboxylic acids is 6. The van der Waals surface area contributed by atoms with E-state index >= 15 is 0 Å². The minimum absolute atomic E-state index is 0.0241. The van der Waals surface area contributed by atoms with Crippen molar-refractivity contribution in [2.75, 3.05) is 33.0 Å². The lowest BCUT2D eigenvalue weighted by Crippen LogP contribution is -2.53. The number of aromatic nitrogens is 1. The third kappa shape index (κ3) is 4.42. The molecule has 0 saturated heterocycles. The summed E-state index contributed by atoms with van der Waals surface area (Å²) in [4.78, 5) is 84.1. The highest BCUT2D eigenvalue weighted by atomic mass is 16.6. The first-order valence-corrected chi connectivity index (χ1v) is 12.9. The molecule has 1 heterocycles. The highest BCUT2D eigenvalue weighted by molar-refractivity contribution is 6.25. The highest BCUT2D eigenvalue weighted by Crippen LogP contribution is 2.46. The van der Waals surface area contributed by atoms with Crippen molar-refractivity contribution in [1.82, 2.24) is 4.98 Å². The lowest BCUT2D eigenvalue weighted by molar-refractivity contribution is -0.176. The average Bonchev–Trinajstić information content (AvgIpc) is 3.36. The first-order valence-electron chi connectivity index (χ1n) is 12.9. The minimum Gasteiger partial charge on any atom is -0.465 e. The maximum Gasteiger partial charge on any atom is 0.341 e. The summed E-state index contributed by atoms with van der Waals surface area (Å²) in [5.74, 6) is -6.81. The van der Waals surface area contributed by atoms with Gasteiger partial charge in [0.1, 0.15) is 0 Å². The minimum atomic E-state index is -2.87. The molecule has 40 heavy (non-hydrogen) atoms. The normalized spacial score (nSPS) is 13.4. The summed E-state index contributed by atoms with van der Waals surface area (Å²) in [5, 5.41) is 0. The van der Waals surface area contributed by atoms with Crippen molar-refractivity contribution in [3.8, 4) is 0 Å². The maximum absolute atomic E-state index is 13.7. The van der Waals surface area contributed by atoms with Crippen LogP contribution in [0, 0.1) is 0 Å². The zero-order valence-electron chi connectivity index (χ0n) is 22.9. The first kappa shape index (κ1) is 30.1. The van der Waals surface area contributed by atoms with Crippen molar-refractivity contribution in [2.24, 2.45) is 0 Å². The average molecular weight is 558 g/mol. The Balaban J connectivity index is 2.51. The Morgan fingerprint density at radius 2 is 1.15 bits per heavy atom. The number of ketones is 1. The van der Waals surface area contributed by atoms with Crippen LogP contribution in [0.1, 0.15) is 67.5 Å². The molecule has 0 saturated carbocycles. The Bertz CT molecular complexity index is 1280. The number of aromatic amines is 1. The van der Waals surface area contributed by atoms with Crippen molar-refractivity contribution in [2.45, 2.75) is 45.4 Å². The van der Waals surface area contributed by atoms with Crippen LogP contribution in [0.2, 0.25) is 0 Å². The van der Waals surface area contributed by atoms with Gasteiger partial charge in [-0.1, -0.05) is 24.3 Å². The van der Waals surface area contributed by atoms with Crippen LogP contribution in [-0.2, 0) is 58.5 Å². The molecule has 1 aromatic heterocycles. The molecule has 0 fully saturated rings. The van der Waals surface area contributed by atoms with E-state index in [1.54, 1.807) is 0 Å². The smallest absolute Gasteiger partial charge is 0.341 e. The second-order valence-electron chi connectivity index (χ2n) is 8.45. The number of ether oxygens (including phenoxy) is 5. The van der Waals surface area contributed by atoms with E-state index < -0.39 is 52.2 Å². The molecule has 1 aromatic carbocycles. The van der Waals surface area contributed by atoms with E-state index in [9.17, 15) is 28.8 Å². The number of H-pyrrole nitrogens is 1. The van der Waals surface area contributed by atoms with Gasteiger partial charge in [0, 0.05) is 11.1 Å². The summed E-state index contributed by atoms with van der Waals surface area (Å²) in [6, 6.07) is 6.92. The number of nitrogens with one attached hydrogen (secondary N) is 1. The van der Waals surface area contributed by atoms with E-state index in [-0.39, 0.29) is 55.4 Å². The van der Waals surface area contributed by atoms with E-state index in [1.807, 2.05) is 0 Å². The van der Waals surface area contributed by atoms with Crippen molar-refractivity contribution in [1.29, 1.82) is 0 Å². The molecule has 1 aliphatic carbocycles. The molecule has 1 aliphatic rings. The van der Waals surface area contributed by atoms with Crippen molar-refractivity contribution < 1.29 is 52.5 Å². The largest absolute Gasteiger partial charge is 0.465 e. The highest BCUT2D eigenvalue weighted by Gasteiger charge is 2.64. The lowest BCUT2D eigenvalue weighted by Gasteiger charge is -2.34. The monoisotopic (exact) mass is 557 g/mol. The molecule has 0 unspecified atom stereocenters. The van der Waals surface area contributed by atoms with Gasteiger partial charge in [0.25, 0.3) is 5.41 Å². The van der Waals surface area contributed by atoms with Gasteiger partial charge in [0.15, 0.2) is 0 Å². The Labute approximate surface area is 230 Å². The molecule has 3 rings (SSSR count). The predicted octanol–water partition coefficient (Wildman–Crippen LogP) is 1.90. The Morgan fingerprint density at radius 3 is 1.60 bits per heavy atom. The van der Waals surface area contributed by atoms with Gasteiger partial charge < -0.3 is 28.7 Å². The zero-order valence-corrected chi connectivity index (χ0v) is 22.9. The van der Waals surface area contributed by atoms with E-state index in [0.29, 0.717) is 0 Å². The molecule has 2 aromatic rings. The van der Waals surface area contributed by atoms with E-state index in [2.05, 4.69) is 4.98 Å². The Morgan fingerprint density at radius 1 is 0.700 bits per heavy atom. The number of esters is 5. The van der Waals surface area contributed by atoms with Crippen LogP contribution in [0.5, 0.6) is 0 Å². The predicted molar refractivity (Wildman–Crippen MR) is 136 cm³/mol. The fraction of sp³-hybridized carbons (Fsp3) is 0.429. The van der Waals surface area contributed by atoms with Crippen LogP contribution in [0.3, 0.4) is 0 Å². The van der Waals surface area contributed by atoms with Gasteiger partial charge in [0.05, 0.1) is 44.4 Å². The Hall–Kier alpha value is -4.48. The fourth-order valence-electron chi connectivity index (χ4n) is 4.72. The number of carbonyl (C=O) groups is 6. The molecule has 0 bridgehead atoms. The number of hydrogen-bond acceptors (Lipinski definition) is 11. The maximum atomic E-state index is 13.7. The van der Waals surface area contributed by atoms with E-state index in [4.69, 9.17) is 23.7 Å². The van der Waals surface area contributed by atoms with E-state index in [1.165, 1.54) is 58.9 Å². The van der Waals surface area contributed by atoms with Crippen LogP contribution < -0.4 is 0 Å². The summed E-state index contributed by atoms with van der Waals surface area (Å²) < 4.78 is 26.0. The molecule has 1 N–H and O–H groups in total. The van der Waals surface area contributed by atoms with Gasteiger partial charge in [-0.3, -0.25) is 14.4 Å². The Kier molecular flexibility index (Phi) is 9.13. The third-order valence-corrected chi connectivity index (χ3v) is 6.34. The summed E-state index contributed by atoms with van der Waals surface area (Å²) in [6.07, 6.45) is 0. The van der Waals surface area contributed by atoms with Gasteiger partial charge in [-0.15, -0.1) is 0 Å². The number of rotatable bonds is 11. The quantitative estimate of drug-likeness (QED) is 0.244. The zero-order chi connectivity index (χ0) is 29.7. The van der Waals surface area contributed by atoms with Crippen LogP contribution in [0.15, 0.2) is 30.3 Å². The van der Waals surface area contributed by atoms with Crippen LogP contribution >= 0.6 is 0 Å². The van der Waals surface area contributed by atoms with Crippen molar-refractivity contribution >= 4 is 35.6 Å². The molecule has 12 heteroatoms.